The van der Waals surface area contributed by atoms with Crippen molar-refractivity contribution in [2.24, 2.45) is 0 Å². The van der Waals surface area contributed by atoms with Crippen molar-refractivity contribution in [2.45, 2.75) is 12.0 Å². The second-order valence-electron chi connectivity index (χ2n) is 4.08. The number of amides is 1. The largest absolute Gasteiger partial charge is 0.504 e. The Hall–Kier alpha value is -2.65. The highest BCUT2D eigenvalue weighted by molar-refractivity contribution is 5.69. The summed E-state index contributed by atoms with van der Waals surface area (Å²) in [4.78, 5) is 20.6. The van der Waals surface area contributed by atoms with Crippen molar-refractivity contribution in [3.63, 3.8) is 0 Å². The van der Waals surface area contributed by atoms with Crippen molar-refractivity contribution >= 4 is 11.8 Å². The predicted octanol–water partition coefficient (Wildman–Crippen LogP) is 1.42. The van der Waals surface area contributed by atoms with Gasteiger partial charge in [0, 0.05) is 6.07 Å². The number of cyclic esters (lactones) is 1. The van der Waals surface area contributed by atoms with Gasteiger partial charge in [0.25, 0.3) is 0 Å². The molecule has 0 radical (unpaired) electrons. The van der Waals surface area contributed by atoms with Gasteiger partial charge >= 0.3 is 17.7 Å². The van der Waals surface area contributed by atoms with Crippen LogP contribution >= 0.6 is 0 Å². The number of halogens is 2. The number of carbonyl (C=O) groups excluding carboxylic acids is 1. The number of nitrogens with one attached hydrogen (secondary N) is 1. The van der Waals surface area contributed by atoms with Gasteiger partial charge in [-0.05, 0) is 11.6 Å². The fourth-order valence-electron chi connectivity index (χ4n) is 1.77. The van der Waals surface area contributed by atoms with Gasteiger partial charge in [-0.3, -0.25) is 10.1 Å². The number of nitrogens with zero attached hydrogens (tertiary/aromatic N) is 1. The van der Waals surface area contributed by atoms with E-state index in [4.69, 9.17) is 0 Å². The van der Waals surface area contributed by atoms with Crippen LogP contribution < -0.4 is 5.32 Å². The average molecular weight is 290 g/mol. The van der Waals surface area contributed by atoms with Crippen LogP contribution in [0.1, 0.15) is 11.6 Å². The number of alkyl carbamates (subject to hydrolysis) is 1. The lowest BCUT2D eigenvalue weighted by Crippen LogP contribution is -2.49. The van der Waals surface area contributed by atoms with Gasteiger partial charge in [0.2, 0.25) is 5.75 Å². The maximum atomic E-state index is 13.6. The van der Waals surface area contributed by atoms with E-state index in [0.29, 0.717) is 12.1 Å². The number of carbonyl (C=O) groups is 1. The third-order valence-electron chi connectivity index (χ3n) is 2.70. The third kappa shape index (κ3) is 2.27. The van der Waals surface area contributed by atoms with Crippen molar-refractivity contribution < 1.29 is 33.4 Å². The standard InChI is InChI=1S/C10H8F2N2O6/c11-10(12)3-20-9(17)13-8(10)4-1-5(14(18)19)7(16)6(15)2-4/h1-2,8,15-16H,3H2,(H,13,17)/t8-/m1/s1. The first kappa shape index (κ1) is 13.8. The number of phenols is 2. The quantitative estimate of drug-likeness (QED) is 0.430. The van der Waals surface area contributed by atoms with Gasteiger partial charge in [0.05, 0.1) is 4.92 Å². The molecule has 2 rings (SSSR count). The minimum absolute atomic E-state index is 0.423. The number of phenolic OH excluding ortho intramolecular Hbond substituents is 2. The normalized spacial score (nSPS) is 20.9. The van der Waals surface area contributed by atoms with Crippen LogP contribution in [0.3, 0.4) is 0 Å². The summed E-state index contributed by atoms with van der Waals surface area (Å²) in [6, 6.07) is -0.542. The first-order chi connectivity index (χ1) is 9.22. The van der Waals surface area contributed by atoms with Crippen LogP contribution in [0, 0.1) is 10.1 Å². The average Bonchev–Trinajstić information content (AvgIpc) is 2.35. The molecule has 10 heteroatoms. The van der Waals surface area contributed by atoms with E-state index in [1.54, 1.807) is 0 Å². The smallest absolute Gasteiger partial charge is 0.408 e. The number of aromatic hydroxyl groups is 2. The number of nitro groups is 1. The monoisotopic (exact) mass is 290 g/mol. The molecule has 0 spiro atoms. The fourth-order valence-corrected chi connectivity index (χ4v) is 1.77. The molecule has 3 N–H and O–H groups in total. The number of nitro benzene ring substituents is 1. The lowest BCUT2D eigenvalue weighted by Gasteiger charge is -2.31. The van der Waals surface area contributed by atoms with Crippen LogP contribution in [0.2, 0.25) is 0 Å². The summed E-state index contributed by atoms with van der Waals surface area (Å²) < 4.78 is 31.4. The van der Waals surface area contributed by atoms with Gasteiger partial charge in [-0.15, -0.1) is 0 Å². The van der Waals surface area contributed by atoms with Gasteiger partial charge in [-0.1, -0.05) is 0 Å². The third-order valence-corrected chi connectivity index (χ3v) is 2.70. The fraction of sp³-hybridized carbons (Fsp3) is 0.300. The Morgan fingerprint density at radius 1 is 1.45 bits per heavy atom. The number of hydrogen-bond acceptors (Lipinski definition) is 6. The van der Waals surface area contributed by atoms with Crippen LogP contribution in [-0.2, 0) is 4.74 Å². The van der Waals surface area contributed by atoms with Gasteiger partial charge in [0.15, 0.2) is 12.4 Å². The van der Waals surface area contributed by atoms with Crippen molar-refractivity contribution in [3.8, 4) is 11.5 Å². The van der Waals surface area contributed by atoms with Crippen molar-refractivity contribution in [1.82, 2.24) is 5.32 Å². The SMILES string of the molecule is O=C1N[C@H](c2cc(O)c(O)c([N+](=O)[O-])c2)C(F)(F)CO1. The Bertz CT molecular complexity index is 591. The molecule has 0 bridgehead atoms. The number of alkyl halides is 2. The van der Waals surface area contributed by atoms with E-state index in [1.165, 1.54) is 0 Å². The van der Waals surface area contributed by atoms with Crippen molar-refractivity contribution in [2.75, 3.05) is 6.61 Å². The first-order valence-electron chi connectivity index (χ1n) is 5.24. The van der Waals surface area contributed by atoms with Crippen molar-refractivity contribution in [1.29, 1.82) is 0 Å². The molecule has 1 heterocycles. The Balaban J connectivity index is 2.51. The van der Waals surface area contributed by atoms with Gasteiger partial charge in [-0.25, -0.2) is 13.6 Å². The highest BCUT2D eigenvalue weighted by Crippen LogP contribution is 2.42. The number of benzene rings is 1. The van der Waals surface area contributed by atoms with Gasteiger partial charge in [-0.2, -0.15) is 0 Å². The van der Waals surface area contributed by atoms with E-state index < -0.39 is 52.3 Å². The maximum absolute atomic E-state index is 13.6. The molecule has 1 saturated heterocycles. The Kier molecular flexibility index (Phi) is 3.08. The van der Waals surface area contributed by atoms with Crippen LogP contribution in [0.15, 0.2) is 12.1 Å². The molecule has 0 unspecified atom stereocenters. The Morgan fingerprint density at radius 3 is 2.70 bits per heavy atom. The summed E-state index contributed by atoms with van der Waals surface area (Å²) in [7, 11) is 0. The summed E-state index contributed by atoms with van der Waals surface area (Å²) in [5.74, 6) is -5.50. The molecule has 0 saturated carbocycles. The number of rotatable bonds is 2. The number of ether oxygens (including phenoxy) is 1. The molecule has 1 atom stereocenters. The Morgan fingerprint density at radius 2 is 2.10 bits per heavy atom. The lowest BCUT2D eigenvalue weighted by atomic mass is 9.99. The maximum Gasteiger partial charge on any atom is 0.408 e. The molecule has 1 aliphatic rings. The highest BCUT2D eigenvalue weighted by atomic mass is 19.3. The van der Waals surface area contributed by atoms with E-state index in [1.807, 2.05) is 5.32 Å². The van der Waals surface area contributed by atoms with E-state index in [0.717, 1.165) is 0 Å². The van der Waals surface area contributed by atoms with Crippen LogP contribution in [0.5, 0.6) is 11.5 Å². The molecule has 1 fully saturated rings. The van der Waals surface area contributed by atoms with Crippen LogP contribution in [0.4, 0.5) is 19.3 Å². The summed E-state index contributed by atoms with van der Waals surface area (Å²) >= 11 is 0. The van der Waals surface area contributed by atoms with Gasteiger partial charge in [0.1, 0.15) is 6.04 Å². The van der Waals surface area contributed by atoms with E-state index in [2.05, 4.69) is 4.74 Å². The molecular weight excluding hydrogens is 282 g/mol. The van der Waals surface area contributed by atoms with Gasteiger partial charge < -0.3 is 20.3 Å². The molecule has 8 nitrogen and oxygen atoms in total. The zero-order valence-corrected chi connectivity index (χ0v) is 9.67. The lowest BCUT2D eigenvalue weighted by molar-refractivity contribution is -0.386. The number of hydrogen-bond donors (Lipinski definition) is 3. The highest BCUT2D eigenvalue weighted by Gasteiger charge is 2.47. The summed E-state index contributed by atoms with van der Waals surface area (Å²) in [6.07, 6.45) is -1.11. The second kappa shape index (κ2) is 4.47. The Labute approximate surface area is 109 Å². The molecule has 0 aromatic heterocycles. The van der Waals surface area contributed by atoms with E-state index in [-0.39, 0.29) is 0 Å². The second-order valence-corrected chi connectivity index (χ2v) is 4.08. The topological polar surface area (TPSA) is 122 Å². The van der Waals surface area contributed by atoms with Crippen molar-refractivity contribution in [3.05, 3.63) is 27.8 Å². The molecule has 1 aromatic carbocycles. The van der Waals surface area contributed by atoms with E-state index in [9.17, 15) is 33.9 Å². The first-order valence-corrected chi connectivity index (χ1v) is 5.24. The molecule has 0 aliphatic carbocycles. The summed E-state index contributed by atoms with van der Waals surface area (Å²) in [6.45, 7) is -1.20. The van der Waals surface area contributed by atoms with Crippen LogP contribution in [0.25, 0.3) is 0 Å². The molecule has 1 aromatic rings. The zero-order chi connectivity index (χ0) is 15.1. The molecular formula is C10H8F2N2O6. The van der Waals surface area contributed by atoms with Crippen LogP contribution in [-0.4, -0.2) is 33.8 Å². The predicted molar refractivity (Wildman–Crippen MR) is 58.6 cm³/mol. The molecule has 1 amide bonds. The summed E-state index contributed by atoms with van der Waals surface area (Å²) in [5, 5.41) is 31.1. The van der Waals surface area contributed by atoms with E-state index >= 15 is 0 Å². The summed E-state index contributed by atoms with van der Waals surface area (Å²) in [5.41, 5.74) is -1.37. The minimum Gasteiger partial charge on any atom is -0.504 e. The molecule has 108 valence electrons. The molecule has 1 aliphatic heterocycles. The minimum atomic E-state index is -3.52. The molecule has 20 heavy (non-hydrogen) atoms. The zero-order valence-electron chi connectivity index (χ0n) is 9.67.